The first-order valence-corrected chi connectivity index (χ1v) is 8.84. The summed E-state index contributed by atoms with van der Waals surface area (Å²) in [6.45, 7) is 4.88. The van der Waals surface area contributed by atoms with E-state index < -0.39 is 11.8 Å². The summed E-state index contributed by atoms with van der Waals surface area (Å²) < 4.78 is 11.1. The fraction of sp³-hybridized carbons (Fsp3) is 0.286. The number of amides is 2. The molecule has 27 heavy (non-hydrogen) atoms. The van der Waals surface area contributed by atoms with E-state index in [1.54, 1.807) is 49.6 Å². The van der Waals surface area contributed by atoms with Crippen molar-refractivity contribution in [3.63, 3.8) is 0 Å². The molecule has 0 atom stereocenters. The lowest BCUT2D eigenvalue weighted by Crippen LogP contribution is -2.23. The summed E-state index contributed by atoms with van der Waals surface area (Å²) in [6, 6.07) is 12.0. The molecule has 0 radical (unpaired) electrons. The van der Waals surface area contributed by atoms with Crippen LogP contribution in [0, 0.1) is 5.92 Å². The fourth-order valence-electron chi connectivity index (χ4n) is 2.69. The first kappa shape index (κ1) is 18.6. The molecule has 6 heteroatoms. The predicted octanol–water partition coefficient (Wildman–Crippen LogP) is 3.75. The number of hydrogen-bond acceptors (Lipinski definition) is 5. The van der Waals surface area contributed by atoms with Crippen molar-refractivity contribution in [3.05, 3.63) is 59.2 Å². The minimum Gasteiger partial charge on any atom is -0.493 e. The molecule has 0 fully saturated rings. The molecular formula is C21H22N2O4. The van der Waals surface area contributed by atoms with Crippen molar-refractivity contribution >= 4 is 18.0 Å². The number of rotatable bonds is 7. The normalized spacial score (nSPS) is 13.6. The highest BCUT2D eigenvalue weighted by atomic mass is 16.5. The molecule has 3 rings (SSSR count). The van der Waals surface area contributed by atoms with E-state index in [4.69, 9.17) is 9.47 Å². The molecule has 0 N–H and O–H groups in total. The molecule has 1 aliphatic heterocycles. The van der Waals surface area contributed by atoms with E-state index >= 15 is 0 Å². The Labute approximate surface area is 158 Å². The van der Waals surface area contributed by atoms with Crippen molar-refractivity contribution in [2.24, 2.45) is 11.0 Å². The van der Waals surface area contributed by atoms with Crippen LogP contribution in [0.15, 0.2) is 47.6 Å². The maximum Gasteiger partial charge on any atom is 0.282 e. The summed E-state index contributed by atoms with van der Waals surface area (Å²) in [6.07, 6.45) is 2.41. The van der Waals surface area contributed by atoms with Gasteiger partial charge in [0.2, 0.25) is 0 Å². The van der Waals surface area contributed by atoms with Gasteiger partial charge in [0.1, 0.15) is 0 Å². The number of hydrazone groups is 1. The molecule has 140 valence electrons. The van der Waals surface area contributed by atoms with Crippen LogP contribution in [-0.2, 0) is 0 Å². The maximum atomic E-state index is 12.3. The third kappa shape index (κ3) is 4.00. The molecule has 2 amide bonds. The van der Waals surface area contributed by atoms with Gasteiger partial charge in [-0.05, 0) is 48.2 Å². The molecule has 0 saturated carbocycles. The lowest BCUT2D eigenvalue weighted by atomic mass is 10.1. The van der Waals surface area contributed by atoms with E-state index in [0.29, 0.717) is 40.7 Å². The highest BCUT2D eigenvalue weighted by Gasteiger charge is 2.35. The molecule has 0 bridgehead atoms. The molecule has 0 unspecified atom stereocenters. The Bertz CT molecular complexity index is 855. The number of carbonyl (C=O) groups excluding carboxylic acids is 2. The van der Waals surface area contributed by atoms with Crippen LogP contribution in [0.4, 0.5) is 0 Å². The minimum absolute atomic E-state index is 0.367. The third-order valence-electron chi connectivity index (χ3n) is 4.24. The zero-order valence-corrected chi connectivity index (χ0v) is 15.6. The van der Waals surface area contributed by atoms with Gasteiger partial charge in [0, 0.05) is 0 Å². The van der Waals surface area contributed by atoms with Crippen LogP contribution in [0.2, 0.25) is 0 Å². The summed E-state index contributed by atoms with van der Waals surface area (Å²) in [5.41, 5.74) is 1.43. The van der Waals surface area contributed by atoms with E-state index in [1.807, 2.05) is 0 Å². The van der Waals surface area contributed by atoms with Crippen molar-refractivity contribution in [3.8, 4) is 11.5 Å². The molecule has 1 heterocycles. The molecular weight excluding hydrogens is 344 g/mol. The van der Waals surface area contributed by atoms with Crippen LogP contribution < -0.4 is 9.47 Å². The maximum absolute atomic E-state index is 12.3. The number of hydrogen-bond donors (Lipinski definition) is 0. The second kappa shape index (κ2) is 8.03. The first-order valence-electron chi connectivity index (χ1n) is 8.84. The van der Waals surface area contributed by atoms with Crippen LogP contribution in [0.25, 0.3) is 0 Å². The molecule has 0 aliphatic carbocycles. The molecule has 0 aromatic heterocycles. The van der Waals surface area contributed by atoms with E-state index in [-0.39, 0.29) is 0 Å². The molecule has 0 spiro atoms. The largest absolute Gasteiger partial charge is 0.493 e. The number of carbonyl (C=O) groups is 2. The van der Waals surface area contributed by atoms with Gasteiger partial charge in [0.25, 0.3) is 11.8 Å². The zero-order chi connectivity index (χ0) is 19.4. The summed E-state index contributed by atoms with van der Waals surface area (Å²) in [7, 11) is 1.57. The average molecular weight is 366 g/mol. The minimum atomic E-state index is -0.424. The van der Waals surface area contributed by atoms with E-state index in [0.717, 1.165) is 11.4 Å². The van der Waals surface area contributed by atoms with Gasteiger partial charge in [-0.15, -0.1) is 0 Å². The van der Waals surface area contributed by atoms with Crippen molar-refractivity contribution in [2.45, 2.75) is 20.3 Å². The molecule has 2 aromatic carbocycles. The fourth-order valence-corrected chi connectivity index (χ4v) is 2.69. The Hall–Kier alpha value is -3.15. The lowest BCUT2D eigenvalue weighted by molar-refractivity contribution is 0.0660. The van der Waals surface area contributed by atoms with Crippen LogP contribution in [0.5, 0.6) is 11.5 Å². The molecule has 0 saturated heterocycles. The first-order chi connectivity index (χ1) is 13.0. The Balaban J connectivity index is 1.74. The van der Waals surface area contributed by atoms with Crippen molar-refractivity contribution in [1.29, 1.82) is 0 Å². The van der Waals surface area contributed by atoms with Crippen LogP contribution in [0.3, 0.4) is 0 Å². The monoisotopic (exact) mass is 366 g/mol. The number of ether oxygens (including phenoxy) is 2. The Kier molecular flexibility index (Phi) is 5.54. The van der Waals surface area contributed by atoms with Gasteiger partial charge in [0.15, 0.2) is 11.5 Å². The second-order valence-corrected chi connectivity index (χ2v) is 6.65. The Morgan fingerprint density at radius 3 is 2.30 bits per heavy atom. The highest BCUT2D eigenvalue weighted by Crippen LogP contribution is 2.28. The topological polar surface area (TPSA) is 68.2 Å². The standard InChI is InChI=1S/C21H22N2O4/c1-14(2)10-11-27-18-9-8-15(12-19(18)26-3)13-22-23-20(24)16-6-4-5-7-17(16)21(23)25/h4-9,12-14H,10-11H2,1-3H3/b22-13-. The number of methoxy groups -OCH3 is 1. The smallest absolute Gasteiger partial charge is 0.282 e. The van der Waals surface area contributed by atoms with Gasteiger partial charge in [-0.25, -0.2) is 0 Å². The van der Waals surface area contributed by atoms with Crippen LogP contribution >= 0.6 is 0 Å². The average Bonchev–Trinajstić information content (AvgIpc) is 2.91. The second-order valence-electron chi connectivity index (χ2n) is 6.65. The van der Waals surface area contributed by atoms with Gasteiger partial charge in [-0.2, -0.15) is 10.1 Å². The van der Waals surface area contributed by atoms with Crippen LogP contribution in [-0.4, -0.2) is 36.8 Å². The van der Waals surface area contributed by atoms with E-state index in [1.165, 1.54) is 6.21 Å². The van der Waals surface area contributed by atoms with E-state index in [2.05, 4.69) is 18.9 Å². The summed E-state index contributed by atoms with van der Waals surface area (Å²) in [5, 5.41) is 4.95. The molecule has 1 aliphatic rings. The summed E-state index contributed by atoms with van der Waals surface area (Å²) in [4.78, 5) is 24.7. The van der Waals surface area contributed by atoms with Crippen molar-refractivity contribution in [1.82, 2.24) is 5.01 Å². The number of benzene rings is 2. The lowest BCUT2D eigenvalue weighted by Gasteiger charge is -2.12. The highest BCUT2D eigenvalue weighted by molar-refractivity contribution is 6.21. The molecule has 2 aromatic rings. The summed E-state index contributed by atoms with van der Waals surface area (Å²) >= 11 is 0. The predicted molar refractivity (Wildman–Crippen MR) is 102 cm³/mol. The van der Waals surface area contributed by atoms with Gasteiger partial charge in [-0.3, -0.25) is 9.59 Å². The van der Waals surface area contributed by atoms with Crippen molar-refractivity contribution in [2.75, 3.05) is 13.7 Å². The Morgan fingerprint density at radius 2 is 1.70 bits per heavy atom. The molecule has 6 nitrogen and oxygen atoms in total. The van der Waals surface area contributed by atoms with Crippen molar-refractivity contribution < 1.29 is 19.1 Å². The third-order valence-corrected chi connectivity index (χ3v) is 4.24. The van der Waals surface area contributed by atoms with Gasteiger partial charge >= 0.3 is 0 Å². The van der Waals surface area contributed by atoms with Gasteiger partial charge in [0.05, 0.1) is 31.1 Å². The van der Waals surface area contributed by atoms with E-state index in [9.17, 15) is 9.59 Å². The van der Waals surface area contributed by atoms with Crippen LogP contribution in [0.1, 0.15) is 46.5 Å². The van der Waals surface area contributed by atoms with Gasteiger partial charge < -0.3 is 9.47 Å². The Morgan fingerprint density at radius 1 is 1.04 bits per heavy atom. The van der Waals surface area contributed by atoms with Gasteiger partial charge in [-0.1, -0.05) is 26.0 Å². The quantitative estimate of drug-likeness (QED) is 0.553. The summed E-state index contributed by atoms with van der Waals surface area (Å²) in [5.74, 6) is 0.933. The number of fused-ring (bicyclic) bond motifs is 1. The number of imide groups is 1. The SMILES string of the molecule is COc1cc(/C=N\N2C(=O)c3ccccc3C2=O)ccc1OCCC(C)C. The zero-order valence-electron chi connectivity index (χ0n) is 15.6. The number of nitrogens with zero attached hydrogens (tertiary/aromatic N) is 2.